The van der Waals surface area contributed by atoms with Gasteiger partial charge in [0.05, 0.1) is 22.8 Å². The van der Waals surface area contributed by atoms with Crippen LogP contribution in [0, 0.1) is 27.7 Å². The molecular weight excluding hydrogens is 1570 g/mol. The third-order valence-electron chi connectivity index (χ3n) is 23.1. The lowest BCUT2D eigenvalue weighted by Crippen LogP contribution is -1.95. The normalized spacial score (nSPS) is 11.3. The molecule has 0 bridgehead atoms. The monoisotopic (exact) mass is 1650 g/mol. The second-order valence-electron chi connectivity index (χ2n) is 31.8. The molecule has 8 heterocycles. The summed E-state index contributed by atoms with van der Waals surface area (Å²) in [6.07, 6.45) is 0. The number of para-hydroxylation sites is 5. The van der Waals surface area contributed by atoms with Gasteiger partial charge in [-0.25, -0.2) is 39.9 Å². The van der Waals surface area contributed by atoms with Crippen molar-refractivity contribution < 1.29 is 17.7 Å². The Bertz CT molecular complexity index is 8170. The molecular formula is C116H80N8O4. The van der Waals surface area contributed by atoms with E-state index in [1.807, 2.05) is 210 Å². The fourth-order valence-corrected chi connectivity index (χ4v) is 16.8. The summed E-state index contributed by atoms with van der Waals surface area (Å²) in [6, 6.07) is 141. The number of furan rings is 4. The van der Waals surface area contributed by atoms with Gasteiger partial charge in [0.2, 0.25) is 0 Å². The van der Waals surface area contributed by atoms with Crippen LogP contribution in [-0.2, 0) is 0 Å². The van der Waals surface area contributed by atoms with E-state index in [-0.39, 0.29) is 0 Å². The molecule has 0 spiro atoms. The lowest BCUT2D eigenvalue weighted by Gasteiger charge is -2.08. The van der Waals surface area contributed by atoms with E-state index in [4.69, 9.17) is 37.6 Å². The first-order valence-electron chi connectivity index (χ1n) is 42.7. The highest BCUT2D eigenvalue weighted by Gasteiger charge is 2.19. The van der Waals surface area contributed by atoms with Gasteiger partial charge in [0.25, 0.3) is 0 Å². The maximum atomic E-state index is 6.21. The molecule has 0 unspecified atom stereocenters. The van der Waals surface area contributed by atoms with Gasteiger partial charge >= 0.3 is 0 Å². The molecule has 24 aromatic rings. The van der Waals surface area contributed by atoms with Gasteiger partial charge < -0.3 is 17.7 Å². The number of benzene rings is 16. The molecule has 8 aromatic heterocycles. The first-order valence-corrected chi connectivity index (χ1v) is 42.7. The second-order valence-corrected chi connectivity index (χ2v) is 31.8. The molecule has 0 atom stereocenters. The van der Waals surface area contributed by atoms with Gasteiger partial charge in [0.15, 0.2) is 23.3 Å². The summed E-state index contributed by atoms with van der Waals surface area (Å²) in [6.45, 7) is 8.04. The third-order valence-corrected chi connectivity index (χ3v) is 23.1. The Labute approximate surface area is 738 Å². The van der Waals surface area contributed by atoms with Crippen molar-refractivity contribution in [2.45, 2.75) is 27.7 Å². The average molecular weight is 1650 g/mol. The molecule has 12 nitrogen and oxygen atoms in total. The van der Waals surface area contributed by atoms with Crippen LogP contribution < -0.4 is 0 Å². The molecule has 0 amide bonds. The Balaban J connectivity index is 0.000000104. The van der Waals surface area contributed by atoms with E-state index in [1.165, 1.54) is 0 Å². The highest BCUT2D eigenvalue weighted by molar-refractivity contribution is 6.13. The topological polar surface area (TPSA) is 156 Å². The number of aromatic nitrogens is 8. The molecule has 0 aliphatic heterocycles. The Kier molecular flexibility index (Phi) is 21.0. The third kappa shape index (κ3) is 16.1. The van der Waals surface area contributed by atoms with Gasteiger partial charge in [-0.05, 0) is 146 Å². The maximum Gasteiger partial charge on any atom is 0.160 e. The van der Waals surface area contributed by atoms with E-state index < -0.39 is 0 Å². The first-order chi connectivity index (χ1) is 63.0. The van der Waals surface area contributed by atoms with Gasteiger partial charge in [-0.2, -0.15) is 0 Å². The van der Waals surface area contributed by atoms with Crippen molar-refractivity contribution in [2.75, 3.05) is 0 Å². The molecule has 0 radical (unpaired) electrons. The number of hydrogen-bond donors (Lipinski definition) is 0. The largest absolute Gasteiger partial charge is 0.456 e. The summed E-state index contributed by atoms with van der Waals surface area (Å²) in [5.41, 5.74) is 32.3. The molecule has 0 saturated heterocycles. The molecule has 0 fully saturated rings. The summed E-state index contributed by atoms with van der Waals surface area (Å²) < 4.78 is 24.3. The zero-order chi connectivity index (χ0) is 86.0. The number of rotatable bonds is 12. The van der Waals surface area contributed by atoms with Crippen LogP contribution >= 0.6 is 0 Å². The van der Waals surface area contributed by atoms with Gasteiger partial charge in [0, 0.05) is 116 Å². The summed E-state index contributed by atoms with van der Waals surface area (Å²) in [4.78, 5) is 38.0. The Morgan fingerprint density at radius 3 is 0.883 bits per heavy atom. The van der Waals surface area contributed by atoms with Crippen molar-refractivity contribution in [3.8, 4) is 135 Å². The number of nitrogens with zero attached hydrogens (tertiary/aromatic N) is 8. The quantitative estimate of drug-likeness (QED) is 0.114. The Morgan fingerprint density at radius 2 is 0.438 bits per heavy atom. The molecule has 0 aliphatic rings. The van der Waals surface area contributed by atoms with Gasteiger partial charge in [-0.3, -0.25) is 0 Å². The van der Waals surface area contributed by atoms with Gasteiger partial charge in [-0.15, -0.1) is 0 Å². The van der Waals surface area contributed by atoms with Crippen LogP contribution in [0.15, 0.2) is 430 Å². The minimum Gasteiger partial charge on any atom is -0.456 e. The van der Waals surface area contributed by atoms with Gasteiger partial charge in [0.1, 0.15) is 44.7 Å². The predicted molar refractivity (Wildman–Crippen MR) is 521 cm³/mol. The zero-order valence-corrected chi connectivity index (χ0v) is 70.5. The van der Waals surface area contributed by atoms with Crippen LogP contribution in [0.4, 0.5) is 0 Å². The minimum absolute atomic E-state index is 0.734. The number of aryl methyl sites for hydroxylation is 4. The maximum absolute atomic E-state index is 6.21. The van der Waals surface area contributed by atoms with E-state index in [9.17, 15) is 0 Å². The van der Waals surface area contributed by atoms with Crippen LogP contribution in [0.2, 0.25) is 0 Å². The molecule has 128 heavy (non-hydrogen) atoms. The molecule has 0 aliphatic carbocycles. The molecule has 0 saturated carbocycles. The van der Waals surface area contributed by atoms with E-state index >= 15 is 0 Å². The van der Waals surface area contributed by atoms with Gasteiger partial charge in [-0.1, -0.05) is 334 Å². The van der Waals surface area contributed by atoms with Crippen molar-refractivity contribution in [2.24, 2.45) is 0 Å². The Morgan fingerprint density at radius 1 is 0.156 bits per heavy atom. The van der Waals surface area contributed by atoms with Crippen molar-refractivity contribution in [1.82, 2.24) is 39.9 Å². The van der Waals surface area contributed by atoms with Crippen molar-refractivity contribution in [3.63, 3.8) is 0 Å². The van der Waals surface area contributed by atoms with Crippen LogP contribution in [0.3, 0.4) is 0 Å². The smallest absolute Gasteiger partial charge is 0.160 e. The number of fused-ring (bicyclic) bond motifs is 12. The summed E-state index contributed by atoms with van der Waals surface area (Å²) >= 11 is 0. The summed E-state index contributed by atoms with van der Waals surface area (Å²) in [7, 11) is 0. The van der Waals surface area contributed by atoms with Crippen molar-refractivity contribution in [3.05, 3.63) is 435 Å². The van der Waals surface area contributed by atoms with Crippen LogP contribution in [0.25, 0.3) is 223 Å². The molecule has 0 N–H and O–H groups in total. The molecule has 16 aromatic carbocycles. The summed E-state index contributed by atoms with van der Waals surface area (Å²) in [5, 5.41) is 9.13. The first kappa shape index (κ1) is 78.3. The molecule has 12 heteroatoms. The number of hydrogen-bond acceptors (Lipinski definition) is 12. The van der Waals surface area contributed by atoms with Crippen LogP contribution in [0.1, 0.15) is 22.8 Å². The van der Waals surface area contributed by atoms with Crippen molar-refractivity contribution >= 4 is 87.8 Å². The standard InChI is InChI=1S/4C29H20N2O/c1-19-18-26(21-8-3-2-4-9-21)31-29(30-19)22-16-14-20(15-17-22)23-11-7-12-25-24-10-5-6-13-27(24)32-28(23)25;1-19-18-25(21-8-3-2-4-9-21)31-29(30-19)22-16-14-20(15-17-22)23-11-7-13-27-28(23)24-10-5-6-12-26(24)32-27;1-19-17-26(21-7-3-2-4-8-21)31-29(30-19)22-13-11-20(12-14-22)23-15-16-28-25(18-23)24-9-5-6-10-27(24)32-28;1-19-17-26(21-7-3-2-4-8-21)31-29(30-19)22-13-11-20(12-14-22)23-15-16-25-24-9-5-6-10-27(24)32-28(25)18-23/h4*2-18H,1H3. The van der Waals surface area contributed by atoms with Crippen LogP contribution in [-0.4, -0.2) is 39.9 Å². The molecule has 24 rings (SSSR count). The van der Waals surface area contributed by atoms with Crippen molar-refractivity contribution in [1.29, 1.82) is 0 Å². The highest BCUT2D eigenvalue weighted by atomic mass is 16.3. The Hall–Kier alpha value is -17.0. The van der Waals surface area contributed by atoms with E-state index in [2.05, 4.69) is 250 Å². The van der Waals surface area contributed by atoms with E-state index in [0.29, 0.717) is 0 Å². The highest BCUT2D eigenvalue weighted by Crippen LogP contribution is 2.42. The SMILES string of the molecule is Cc1cc(-c2ccccc2)nc(-c2ccc(-c3ccc4c(c3)oc3ccccc34)cc2)n1.Cc1cc(-c2ccccc2)nc(-c2ccc(-c3ccc4oc5ccccc5c4c3)cc2)n1.Cc1cc(-c2ccccc2)nc(-c2ccc(-c3cccc4c3oc3ccccc34)cc2)n1.Cc1cc(-c2ccccc2)nc(-c2ccc(-c3cccc4oc5ccccc5c34)cc2)n1. The average Bonchev–Trinajstić information content (AvgIpc) is 1.61. The predicted octanol–water partition coefficient (Wildman–Crippen LogP) is 30.7. The zero-order valence-electron chi connectivity index (χ0n) is 70.5. The minimum atomic E-state index is 0.734. The van der Waals surface area contributed by atoms with Crippen LogP contribution in [0.5, 0.6) is 0 Å². The fourth-order valence-electron chi connectivity index (χ4n) is 16.8. The molecule has 608 valence electrons. The fraction of sp³-hybridized carbons (Fsp3) is 0.0345. The second kappa shape index (κ2) is 34.4. The lowest BCUT2D eigenvalue weighted by molar-refractivity contribution is 0.668. The lowest BCUT2D eigenvalue weighted by atomic mass is 9.98. The van der Waals surface area contributed by atoms with E-state index in [1.54, 1.807) is 0 Å². The summed E-state index contributed by atoms with van der Waals surface area (Å²) in [5.74, 6) is 2.95. The van der Waals surface area contributed by atoms with E-state index in [0.717, 1.165) is 246 Å².